The van der Waals surface area contributed by atoms with Crippen molar-refractivity contribution in [1.29, 1.82) is 0 Å². The molecule has 2 atom stereocenters. The Morgan fingerprint density at radius 2 is 2.05 bits per heavy atom. The van der Waals surface area contributed by atoms with Crippen LogP contribution in [0.15, 0.2) is 24.3 Å². The number of para-hydroxylation sites is 1. The standard InChI is InChI=1S/C15H20F3NO/c1-2-11-6-5-9-14(19,10-11)12-7-3-4-8-13(12)20-15(16,17)18/h3-4,7-8,11H,2,5-6,9-10,19H2,1H3. The van der Waals surface area contributed by atoms with E-state index in [9.17, 15) is 13.2 Å². The summed E-state index contributed by atoms with van der Waals surface area (Å²) in [6.07, 6.45) is -0.247. The molecule has 1 saturated carbocycles. The molecule has 2 rings (SSSR count). The van der Waals surface area contributed by atoms with Gasteiger partial charge in [-0.1, -0.05) is 44.4 Å². The van der Waals surface area contributed by atoms with Gasteiger partial charge in [-0.25, -0.2) is 0 Å². The van der Waals surface area contributed by atoms with Crippen molar-refractivity contribution in [2.75, 3.05) is 0 Å². The molecule has 1 aromatic carbocycles. The molecule has 2 unspecified atom stereocenters. The first-order chi connectivity index (χ1) is 9.34. The van der Waals surface area contributed by atoms with E-state index in [1.807, 2.05) is 0 Å². The Hall–Kier alpha value is -1.23. The summed E-state index contributed by atoms with van der Waals surface area (Å²) in [7, 11) is 0. The van der Waals surface area contributed by atoms with Gasteiger partial charge in [-0.3, -0.25) is 0 Å². The van der Waals surface area contributed by atoms with Crippen molar-refractivity contribution in [3.8, 4) is 5.75 Å². The van der Waals surface area contributed by atoms with E-state index >= 15 is 0 Å². The highest BCUT2D eigenvalue weighted by atomic mass is 19.4. The monoisotopic (exact) mass is 287 g/mol. The van der Waals surface area contributed by atoms with Gasteiger partial charge in [0.1, 0.15) is 5.75 Å². The van der Waals surface area contributed by atoms with Gasteiger partial charge in [0.15, 0.2) is 0 Å². The largest absolute Gasteiger partial charge is 0.573 e. The van der Waals surface area contributed by atoms with E-state index in [1.165, 1.54) is 12.1 Å². The quantitative estimate of drug-likeness (QED) is 0.897. The van der Waals surface area contributed by atoms with Crippen LogP contribution in [-0.4, -0.2) is 6.36 Å². The number of halogens is 3. The fraction of sp³-hybridized carbons (Fsp3) is 0.600. The molecule has 5 heteroatoms. The fourth-order valence-corrected chi connectivity index (χ4v) is 3.11. The first-order valence-electron chi connectivity index (χ1n) is 6.98. The summed E-state index contributed by atoms with van der Waals surface area (Å²) >= 11 is 0. The van der Waals surface area contributed by atoms with Crippen LogP contribution in [0.2, 0.25) is 0 Å². The molecule has 1 fully saturated rings. The molecule has 20 heavy (non-hydrogen) atoms. The third-order valence-electron chi connectivity index (χ3n) is 4.11. The summed E-state index contributed by atoms with van der Waals surface area (Å²) in [6, 6.07) is 6.24. The minimum absolute atomic E-state index is 0.167. The summed E-state index contributed by atoms with van der Waals surface area (Å²) in [6.45, 7) is 2.09. The van der Waals surface area contributed by atoms with Crippen LogP contribution in [0.5, 0.6) is 5.75 Å². The van der Waals surface area contributed by atoms with Gasteiger partial charge >= 0.3 is 6.36 Å². The normalized spacial score (nSPS) is 27.4. The average molecular weight is 287 g/mol. The molecule has 0 amide bonds. The molecular formula is C15H20F3NO. The number of alkyl halides is 3. The van der Waals surface area contributed by atoms with Crippen LogP contribution in [0, 0.1) is 5.92 Å². The molecule has 112 valence electrons. The Morgan fingerprint density at radius 1 is 1.35 bits per heavy atom. The van der Waals surface area contributed by atoms with E-state index in [1.54, 1.807) is 12.1 Å². The van der Waals surface area contributed by atoms with Gasteiger partial charge in [0, 0.05) is 11.1 Å². The number of hydrogen-bond acceptors (Lipinski definition) is 2. The van der Waals surface area contributed by atoms with Gasteiger partial charge in [0.25, 0.3) is 0 Å². The summed E-state index contributed by atoms with van der Waals surface area (Å²) in [5, 5.41) is 0. The zero-order valence-electron chi connectivity index (χ0n) is 11.5. The van der Waals surface area contributed by atoms with Crippen LogP contribution < -0.4 is 10.5 Å². The molecule has 0 radical (unpaired) electrons. The molecule has 0 aromatic heterocycles. The van der Waals surface area contributed by atoms with Crippen molar-refractivity contribution < 1.29 is 17.9 Å². The predicted molar refractivity (Wildman–Crippen MR) is 71.2 cm³/mol. The Bertz CT molecular complexity index is 461. The van der Waals surface area contributed by atoms with Gasteiger partial charge in [0.05, 0.1) is 0 Å². The van der Waals surface area contributed by atoms with Gasteiger partial charge in [-0.2, -0.15) is 0 Å². The molecule has 1 aromatic rings. The molecule has 2 nitrogen and oxygen atoms in total. The van der Waals surface area contributed by atoms with Crippen molar-refractivity contribution in [2.45, 2.75) is 50.9 Å². The summed E-state index contributed by atoms with van der Waals surface area (Å²) in [5.41, 5.74) is 6.17. The first-order valence-corrected chi connectivity index (χ1v) is 6.98. The number of ether oxygens (including phenoxy) is 1. The average Bonchev–Trinajstić information content (AvgIpc) is 2.37. The van der Waals surface area contributed by atoms with Crippen LogP contribution in [0.25, 0.3) is 0 Å². The predicted octanol–water partition coefficient (Wildman–Crippen LogP) is 4.34. The SMILES string of the molecule is CCC1CCCC(N)(c2ccccc2OC(F)(F)F)C1. The van der Waals surface area contributed by atoms with Crippen molar-refractivity contribution in [1.82, 2.24) is 0 Å². The Balaban J connectivity index is 2.31. The Kier molecular flexibility index (Phi) is 4.28. The van der Waals surface area contributed by atoms with Crippen molar-refractivity contribution in [2.24, 2.45) is 11.7 Å². The smallest absolute Gasteiger partial charge is 0.405 e. The lowest BCUT2D eigenvalue weighted by atomic mass is 9.71. The molecule has 0 aliphatic heterocycles. The maximum atomic E-state index is 12.5. The van der Waals surface area contributed by atoms with Crippen molar-refractivity contribution in [3.05, 3.63) is 29.8 Å². The fourth-order valence-electron chi connectivity index (χ4n) is 3.11. The summed E-state index contributed by atoms with van der Waals surface area (Å²) < 4.78 is 41.6. The molecule has 0 spiro atoms. The second-order valence-electron chi connectivity index (χ2n) is 5.57. The third kappa shape index (κ3) is 3.45. The van der Waals surface area contributed by atoms with Gasteiger partial charge in [-0.15, -0.1) is 13.2 Å². The van der Waals surface area contributed by atoms with Crippen LogP contribution >= 0.6 is 0 Å². The topological polar surface area (TPSA) is 35.2 Å². The maximum absolute atomic E-state index is 12.5. The highest BCUT2D eigenvalue weighted by Crippen LogP contribution is 2.43. The minimum Gasteiger partial charge on any atom is -0.405 e. The number of rotatable bonds is 3. The van der Waals surface area contributed by atoms with Crippen LogP contribution in [0.1, 0.15) is 44.6 Å². The van der Waals surface area contributed by atoms with Gasteiger partial charge in [0.2, 0.25) is 0 Å². The van der Waals surface area contributed by atoms with E-state index < -0.39 is 11.9 Å². The lowest BCUT2D eigenvalue weighted by molar-refractivity contribution is -0.275. The molecule has 2 N–H and O–H groups in total. The summed E-state index contributed by atoms with van der Waals surface area (Å²) in [5.74, 6) is 0.298. The van der Waals surface area contributed by atoms with E-state index in [4.69, 9.17) is 5.73 Å². The highest BCUT2D eigenvalue weighted by Gasteiger charge is 2.38. The lowest BCUT2D eigenvalue weighted by Crippen LogP contribution is -2.42. The molecule has 1 aliphatic carbocycles. The van der Waals surface area contributed by atoms with Gasteiger partial charge < -0.3 is 10.5 Å². The number of hydrogen-bond donors (Lipinski definition) is 1. The molecule has 0 heterocycles. The van der Waals surface area contributed by atoms with Crippen molar-refractivity contribution >= 4 is 0 Å². The van der Waals surface area contributed by atoms with Crippen LogP contribution in [0.4, 0.5) is 13.2 Å². The zero-order chi connectivity index (χ0) is 14.8. The number of benzene rings is 1. The second-order valence-corrected chi connectivity index (χ2v) is 5.57. The first kappa shape index (κ1) is 15.2. The van der Waals surface area contributed by atoms with Crippen molar-refractivity contribution in [3.63, 3.8) is 0 Å². The maximum Gasteiger partial charge on any atom is 0.573 e. The molecular weight excluding hydrogens is 267 g/mol. The number of nitrogens with two attached hydrogens (primary N) is 1. The second kappa shape index (κ2) is 5.64. The molecule has 0 saturated heterocycles. The van der Waals surface area contributed by atoms with E-state index in [-0.39, 0.29) is 5.75 Å². The molecule has 1 aliphatic rings. The Morgan fingerprint density at radius 3 is 2.70 bits per heavy atom. The van der Waals surface area contributed by atoms with E-state index in [0.717, 1.165) is 19.3 Å². The Labute approximate surface area is 117 Å². The van der Waals surface area contributed by atoms with Crippen LogP contribution in [-0.2, 0) is 5.54 Å². The summed E-state index contributed by atoms with van der Waals surface area (Å²) in [4.78, 5) is 0. The van der Waals surface area contributed by atoms with Crippen LogP contribution in [0.3, 0.4) is 0 Å². The zero-order valence-corrected chi connectivity index (χ0v) is 11.5. The van der Waals surface area contributed by atoms with E-state index in [2.05, 4.69) is 11.7 Å². The highest BCUT2D eigenvalue weighted by molar-refractivity contribution is 5.39. The third-order valence-corrected chi connectivity index (χ3v) is 4.11. The lowest BCUT2D eigenvalue weighted by Gasteiger charge is -2.39. The minimum atomic E-state index is -4.69. The van der Waals surface area contributed by atoms with E-state index in [0.29, 0.717) is 24.3 Å². The molecule has 0 bridgehead atoms. The van der Waals surface area contributed by atoms with Gasteiger partial charge in [-0.05, 0) is 24.8 Å².